The molecule has 0 aromatic carbocycles. The van der Waals surface area contributed by atoms with E-state index in [4.69, 9.17) is 4.74 Å². The van der Waals surface area contributed by atoms with Gasteiger partial charge in [-0.1, -0.05) is 0 Å². The number of morpholine rings is 1. The molecule has 3 fully saturated rings. The average Bonchev–Trinajstić information content (AvgIpc) is 3.22. The van der Waals surface area contributed by atoms with Crippen molar-refractivity contribution in [3.05, 3.63) is 0 Å². The molecule has 2 heterocycles. The minimum absolute atomic E-state index is 0.430. The van der Waals surface area contributed by atoms with Crippen molar-refractivity contribution in [3.8, 4) is 0 Å². The zero-order valence-electron chi connectivity index (χ0n) is 10.6. The summed E-state index contributed by atoms with van der Waals surface area (Å²) in [5, 5.41) is 3.71. The van der Waals surface area contributed by atoms with Crippen LogP contribution in [0.15, 0.2) is 0 Å². The zero-order valence-corrected chi connectivity index (χ0v) is 11.4. The Labute approximate surface area is 109 Å². The predicted octanol–water partition coefficient (Wildman–Crippen LogP) is 1.33. The third-order valence-corrected chi connectivity index (χ3v) is 5.14. The molecular weight excluding hydrogens is 232 g/mol. The van der Waals surface area contributed by atoms with Crippen LogP contribution in [0, 0.1) is 0 Å². The second-order valence-electron chi connectivity index (χ2n) is 5.51. The van der Waals surface area contributed by atoms with Crippen LogP contribution in [0.3, 0.4) is 0 Å². The number of rotatable bonds is 4. The highest BCUT2D eigenvalue weighted by atomic mass is 32.2. The Morgan fingerprint density at radius 3 is 2.76 bits per heavy atom. The van der Waals surface area contributed by atoms with Crippen molar-refractivity contribution in [2.24, 2.45) is 0 Å². The van der Waals surface area contributed by atoms with Crippen molar-refractivity contribution in [3.63, 3.8) is 0 Å². The van der Waals surface area contributed by atoms with Crippen molar-refractivity contribution >= 4 is 11.8 Å². The Bertz CT molecular complexity index is 242. The third kappa shape index (κ3) is 3.60. The van der Waals surface area contributed by atoms with E-state index in [1.54, 1.807) is 0 Å². The molecule has 0 amide bonds. The fourth-order valence-corrected chi connectivity index (χ4v) is 3.94. The van der Waals surface area contributed by atoms with Gasteiger partial charge in [-0.3, -0.25) is 4.90 Å². The molecule has 1 atom stereocenters. The van der Waals surface area contributed by atoms with Crippen LogP contribution in [0.5, 0.6) is 0 Å². The fourth-order valence-electron chi connectivity index (χ4n) is 2.84. The van der Waals surface area contributed by atoms with Crippen molar-refractivity contribution in [1.82, 2.24) is 10.2 Å². The van der Waals surface area contributed by atoms with Crippen LogP contribution in [0.4, 0.5) is 0 Å². The lowest BCUT2D eigenvalue weighted by Gasteiger charge is -2.34. The summed E-state index contributed by atoms with van der Waals surface area (Å²) in [6.07, 6.45) is 5.94. The van der Waals surface area contributed by atoms with E-state index in [-0.39, 0.29) is 0 Å². The molecule has 1 saturated carbocycles. The van der Waals surface area contributed by atoms with E-state index in [1.165, 1.54) is 37.2 Å². The van der Waals surface area contributed by atoms with Crippen molar-refractivity contribution < 1.29 is 4.74 Å². The van der Waals surface area contributed by atoms with E-state index < -0.39 is 0 Å². The van der Waals surface area contributed by atoms with Crippen LogP contribution in [0.2, 0.25) is 0 Å². The molecule has 3 rings (SSSR count). The molecule has 3 aliphatic rings. The fraction of sp³-hybridized carbons (Fsp3) is 1.00. The van der Waals surface area contributed by atoms with Crippen LogP contribution < -0.4 is 5.32 Å². The van der Waals surface area contributed by atoms with Crippen LogP contribution in [0.1, 0.15) is 25.7 Å². The quantitative estimate of drug-likeness (QED) is 0.820. The molecule has 0 aromatic heterocycles. The molecule has 0 radical (unpaired) electrons. The molecule has 4 heteroatoms. The first kappa shape index (κ1) is 12.3. The zero-order chi connectivity index (χ0) is 11.5. The second kappa shape index (κ2) is 5.91. The van der Waals surface area contributed by atoms with E-state index in [1.807, 2.05) is 0 Å². The minimum Gasteiger partial charge on any atom is -0.374 e. The first-order valence-electron chi connectivity index (χ1n) is 7.08. The molecule has 2 aliphatic heterocycles. The van der Waals surface area contributed by atoms with Gasteiger partial charge >= 0.3 is 0 Å². The van der Waals surface area contributed by atoms with Gasteiger partial charge in [-0.05, 0) is 37.2 Å². The van der Waals surface area contributed by atoms with Gasteiger partial charge < -0.3 is 10.1 Å². The SMILES string of the molecule is C1CN(C2CC2)CC(CNC2CCSCC2)O1. The standard InChI is InChI=1S/C13H24N2OS/c1-2-12(1)15-5-6-16-13(10-15)9-14-11-3-7-17-8-4-11/h11-14H,1-10H2. The van der Waals surface area contributed by atoms with Crippen molar-refractivity contribution in [2.75, 3.05) is 37.7 Å². The maximum absolute atomic E-state index is 5.87. The minimum atomic E-state index is 0.430. The molecule has 1 N–H and O–H groups in total. The Morgan fingerprint density at radius 2 is 2.00 bits per heavy atom. The first-order chi connectivity index (χ1) is 8.42. The molecular formula is C13H24N2OS. The van der Waals surface area contributed by atoms with E-state index in [2.05, 4.69) is 22.0 Å². The summed E-state index contributed by atoms with van der Waals surface area (Å²) >= 11 is 2.09. The number of nitrogens with one attached hydrogen (secondary N) is 1. The van der Waals surface area contributed by atoms with Gasteiger partial charge in [0.15, 0.2) is 0 Å². The summed E-state index contributed by atoms with van der Waals surface area (Å²) in [6.45, 7) is 4.29. The van der Waals surface area contributed by atoms with Gasteiger partial charge in [0.25, 0.3) is 0 Å². The van der Waals surface area contributed by atoms with Gasteiger partial charge in [-0.15, -0.1) is 0 Å². The monoisotopic (exact) mass is 256 g/mol. The van der Waals surface area contributed by atoms with Crippen LogP contribution in [-0.2, 0) is 4.74 Å². The maximum Gasteiger partial charge on any atom is 0.0826 e. The number of hydrogen-bond acceptors (Lipinski definition) is 4. The highest BCUT2D eigenvalue weighted by Crippen LogP contribution is 2.28. The molecule has 0 aromatic rings. The highest BCUT2D eigenvalue weighted by molar-refractivity contribution is 7.99. The van der Waals surface area contributed by atoms with Gasteiger partial charge in [0.05, 0.1) is 12.7 Å². The summed E-state index contributed by atoms with van der Waals surface area (Å²) in [5.74, 6) is 2.66. The Kier molecular flexibility index (Phi) is 4.27. The summed E-state index contributed by atoms with van der Waals surface area (Å²) in [6, 6.07) is 1.64. The Morgan fingerprint density at radius 1 is 1.18 bits per heavy atom. The van der Waals surface area contributed by atoms with Crippen molar-refractivity contribution in [1.29, 1.82) is 0 Å². The van der Waals surface area contributed by atoms with Gasteiger partial charge in [-0.25, -0.2) is 0 Å². The number of hydrogen-bond donors (Lipinski definition) is 1. The van der Waals surface area contributed by atoms with E-state index in [9.17, 15) is 0 Å². The smallest absolute Gasteiger partial charge is 0.0826 e. The molecule has 17 heavy (non-hydrogen) atoms. The molecule has 98 valence electrons. The maximum atomic E-state index is 5.87. The Balaban J connectivity index is 1.38. The number of ether oxygens (including phenoxy) is 1. The highest BCUT2D eigenvalue weighted by Gasteiger charge is 2.32. The van der Waals surface area contributed by atoms with E-state index in [0.717, 1.165) is 38.3 Å². The Hall–Kier alpha value is 0.230. The summed E-state index contributed by atoms with van der Waals surface area (Å²) < 4.78 is 5.87. The van der Waals surface area contributed by atoms with E-state index in [0.29, 0.717) is 6.10 Å². The number of thioether (sulfide) groups is 1. The molecule has 0 spiro atoms. The largest absolute Gasteiger partial charge is 0.374 e. The van der Waals surface area contributed by atoms with Crippen LogP contribution in [-0.4, -0.2) is 60.8 Å². The molecule has 1 unspecified atom stereocenters. The van der Waals surface area contributed by atoms with Gasteiger partial charge in [-0.2, -0.15) is 11.8 Å². The lowest BCUT2D eigenvalue weighted by molar-refractivity contribution is -0.0311. The molecule has 3 nitrogen and oxygen atoms in total. The molecule has 1 aliphatic carbocycles. The van der Waals surface area contributed by atoms with Crippen LogP contribution >= 0.6 is 11.8 Å². The second-order valence-corrected chi connectivity index (χ2v) is 6.74. The lowest BCUT2D eigenvalue weighted by Crippen LogP contribution is -2.49. The molecule has 0 bridgehead atoms. The third-order valence-electron chi connectivity index (χ3n) is 4.09. The summed E-state index contributed by atoms with van der Waals surface area (Å²) in [7, 11) is 0. The summed E-state index contributed by atoms with van der Waals surface area (Å²) in [4.78, 5) is 2.63. The van der Waals surface area contributed by atoms with Gasteiger partial charge in [0, 0.05) is 31.7 Å². The summed E-state index contributed by atoms with van der Waals surface area (Å²) in [5.41, 5.74) is 0. The lowest BCUT2D eigenvalue weighted by atomic mass is 10.1. The average molecular weight is 256 g/mol. The van der Waals surface area contributed by atoms with Gasteiger partial charge in [0.2, 0.25) is 0 Å². The normalized spacial score (nSPS) is 32.8. The topological polar surface area (TPSA) is 24.5 Å². The number of nitrogens with zero attached hydrogens (tertiary/aromatic N) is 1. The van der Waals surface area contributed by atoms with Gasteiger partial charge in [0.1, 0.15) is 0 Å². The van der Waals surface area contributed by atoms with E-state index >= 15 is 0 Å². The molecule has 2 saturated heterocycles. The van der Waals surface area contributed by atoms with Crippen LogP contribution in [0.25, 0.3) is 0 Å². The predicted molar refractivity (Wildman–Crippen MR) is 72.7 cm³/mol. The first-order valence-corrected chi connectivity index (χ1v) is 8.24. The van der Waals surface area contributed by atoms with Crippen molar-refractivity contribution in [2.45, 2.75) is 43.9 Å².